The lowest BCUT2D eigenvalue weighted by atomic mass is 10.1. The van der Waals surface area contributed by atoms with Crippen molar-refractivity contribution in [3.8, 4) is 0 Å². The Kier molecular flexibility index (Phi) is 4.68. The van der Waals surface area contributed by atoms with Crippen LogP contribution in [0.2, 0.25) is 5.02 Å². The highest BCUT2D eigenvalue weighted by Crippen LogP contribution is 2.22. The van der Waals surface area contributed by atoms with Gasteiger partial charge in [0.2, 0.25) is 0 Å². The highest BCUT2D eigenvalue weighted by molar-refractivity contribution is 6.44. The molecule has 0 bridgehead atoms. The Hall–Kier alpha value is -2.53. The summed E-state index contributed by atoms with van der Waals surface area (Å²) >= 11 is 5.87. The number of hydrogen-bond donors (Lipinski definition) is 3. The molecule has 0 unspecified atom stereocenters. The molecule has 2 aromatic rings. The molecule has 114 valence electrons. The molecule has 22 heavy (non-hydrogen) atoms. The zero-order valence-corrected chi connectivity index (χ0v) is 13.0. The van der Waals surface area contributed by atoms with Gasteiger partial charge in [-0.25, -0.2) is 0 Å². The second kappa shape index (κ2) is 6.49. The molecule has 2 aromatic carbocycles. The summed E-state index contributed by atoms with van der Waals surface area (Å²) in [6, 6.07) is 10.2. The first kappa shape index (κ1) is 15.9. The third-order valence-electron chi connectivity index (χ3n) is 3.11. The quantitative estimate of drug-likeness (QED) is 0.587. The molecule has 6 heteroatoms. The SMILES string of the molecule is Cc1ccc(C)c(NC(=O)C(=O)Nc2ccc(N)c(Cl)c2)c1. The molecule has 0 fully saturated rings. The summed E-state index contributed by atoms with van der Waals surface area (Å²) in [5.74, 6) is -1.52. The molecule has 0 aliphatic rings. The van der Waals surface area contributed by atoms with E-state index in [9.17, 15) is 9.59 Å². The molecule has 0 spiro atoms. The topological polar surface area (TPSA) is 84.2 Å². The third-order valence-corrected chi connectivity index (χ3v) is 3.43. The van der Waals surface area contributed by atoms with Gasteiger partial charge in [-0.05, 0) is 49.2 Å². The first-order valence-corrected chi connectivity index (χ1v) is 6.99. The normalized spacial score (nSPS) is 10.1. The molecule has 4 N–H and O–H groups in total. The fourth-order valence-electron chi connectivity index (χ4n) is 1.84. The Balaban J connectivity index is 2.07. The first-order chi connectivity index (χ1) is 10.4. The van der Waals surface area contributed by atoms with Crippen molar-refractivity contribution in [2.75, 3.05) is 16.4 Å². The van der Waals surface area contributed by atoms with Gasteiger partial charge in [0.05, 0.1) is 10.7 Å². The Morgan fingerprint density at radius 2 is 1.68 bits per heavy atom. The van der Waals surface area contributed by atoms with E-state index >= 15 is 0 Å². The maximum absolute atomic E-state index is 12.0. The van der Waals surface area contributed by atoms with Gasteiger partial charge < -0.3 is 16.4 Å². The van der Waals surface area contributed by atoms with E-state index < -0.39 is 11.8 Å². The lowest BCUT2D eigenvalue weighted by Crippen LogP contribution is -2.29. The van der Waals surface area contributed by atoms with Crippen LogP contribution in [-0.2, 0) is 9.59 Å². The molecule has 0 aliphatic carbocycles. The van der Waals surface area contributed by atoms with Gasteiger partial charge >= 0.3 is 11.8 Å². The minimum Gasteiger partial charge on any atom is -0.398 e. The largest absolute Gasteiger partial charge is 0.398 e. The van der Waals surface area contributed by atoms with Gasteiger partial charge in [0, 0.05) is 11.4 Å². The molecule has 0 radical (unpaired) electrons. The zero-order valence-electron chi connectivity index (χ0n) is 12.2. The van der Waals surface area contributed by atoms with E-state index in [0.717, 1.165) is 11.1 Å². The summed E-state index contributed by atoms with van der Waals surface area (Å²) in [6.07, 6.45) is 0. The minimum atomic E-state index is -0.776. The molecule has 5 nitrogen and oxygen atoms in total. The van der Waals surface area contributed by atoms with Crippen LogP contribution in [0.15, 0.2) is 36.4 Å². The smallest absolute Gasteiger partial charge is 0.314 e. The van der Waals surface area contributed by atoms with E-state index in [0.29, 0.717) is 22.1 Å². The monoisotopic (exact) mass is 317 g/mol. The van der Waals surface area contributed by atoms with Crippen LogP contribution in [0.25, 0.3) is 0 Å². The predicted octanol–water partition coefficient (Wildman–Crippen LogP) is 3.12. The maximum Gasteiger partial charge on any atom is 0.314 e. The molecule has 2 amide bonds. The summed E-state index contributed by atoms with van der Waals surface area (Å²) in [7, 11) is 0. The number of rotatable bonds is 2. The molecule has 0 heterocycles. The van der Waals surface area contributed by atoms with Crippen molar-refractivity contribution in [2.45, 2.75) is 13.8 Å². The van der Waals surface area contributed by atoms with Crippen LogP contribution in [0.1, 0.15) is 11.1 Å². The van der Waals surface area contributed by atoms with Crippen molar-refractivity contribution in [1.82, 2.24) is 0 Å². The molecule has 0 saturated heterocycles. The van der Waals surface area contributed by atoms with E-state index in [1.807, 2.05) is 26.0 Å². The molecular formula is C16H16ClN3O2. The average molecular weight is 318 g/mol. The Bertz CT molecular complexity index is 744. The maximum atomic E-state index is 12.0. The van der Waals surface area contributed by atoms with Crippen molar-refractivity contribution >= 4 is 40.5 Å². The number of carbonyl (C=O) groups is 2. The second-order valence-corrected chi connectivity index (χ2v) is 5.37. The van der Waals surface area contributed by atoms with Crippen molar-refractivity contribution in [3.63, 3.8) is 0 Å². The second-order valence-electron chi connectivity index (χ2n) is 4.96. The number of halogens is 1. The number of nitrogens with one attached hydrogen (secondary N) is 2. The lowest BCUT2D eigenvalue weighted by Gasteiger charge is -2.10. The molecule has 2 rings (SSSR count). The predicted molar refractivity (Wildman–Crippen MR) is 89.0 cm³/mol. The van der Waals surface area contributed by atoms with Crippen molar-refractivity contribution in [3.05, 3.63) is 52.5 Å². The number of anilines is 3. The lowest BCUT2D eigenvalue weighted by molar-refractivity contribution is -0.133. The van der Waals surface area contributed by atoms with Gasteiger partial charge in [-0.15, -0.1) is 0 Å². The fourth-order valence-corrected chi connectivity index (χ4v) is 2.02. The Morgan fingerprint density at radius 3 is 2.36 bits per heavy atom. The summed E-state index contributed by atoms with van der Waals surface area (Å²) < 4.78 is 0. The van der Waals surface area contributed by atoms with Gasteiger partial charge in [0.15, 0.2) is 0 Å². The fraction of sp³-hybridized carbons (Fsp3) is 0.125. The van der Waals surface area contributed by atoms with Crippen molar-refractivity contribution in [1.29, 1.82) is 0 Å². The van der Waals surface area contributed by atoms with Crippen LogP contribution in [-0.4, -0.2) is 11.8 Å². The van der Waals surface area contributed by atoms with Crippen LogP contribution in [0.4, 0.5) is 17.1 Å². The number of benzene rings is 2. The Labute approximate surface area is 133 Å². The molecule has 0 aliphatic heterocycles. The first-order valence-electron chi connectivity index (χ1n) is 6.61. The zero-order chi connectivity index (χ0) is 16.3. The van der Waals surface area contributed by atoms with E-state index in [1.54, 1.807) is 18.2 Å². The summed E-state index contributed by atoms with van der Waals surface area (Å²) in [6.45, 7) is 3.76. The van der Waals surface area contributed by atoms with Gasteiger partial charge in [0.25, 0.3) is 0 Å². The summed E-state index contributed by atoms with van der Waals surface area (Å²) in [5.41, 5.74) is 8.87. The molecule has 0 aromatic heterocycles. The number of nitrogens with two attached hydrogens (primary N) is 1. The highest BCUT2D eigenvalue weighted by atomic mass is 35.5. The van der Waals surface area contributed by atoms with Crippen LogP contribution < -0.4 is 16.4 Å². The van der Waals surface area contributed by atoms with E-state index in [1.165, 1.54) is 6.07 Å². The number of hydrogen-bond acceptors (Lipinski definition) is 3. The van der Waals surface area contributed by atoms with Crippen LogP contribution in [0.3, 0.4) is 0 Å². The van der Waals surface area contributed by atoms with Crippen LogP contribution in [0.5, 0.6) is 0 Å². The van der Waals surface area contributed by atoms with Gasteiger partial charge in [-0.1, -0.05) is 23.7 Å². The van der Waals surface area contributed by atoms with E-state index in [-0.39, 0.29) is 0 Å². The van der Waals surface area contributed by atoms with Crippen LogP contribution in [0, 0.1) is 13.8 Å². The number of carbonyl (C=O) groups excluding carboxylic acids is 2. The number of nitrogen functional groups attached to an aromatic ring is 1. The average Bonchev–Trinajstić information content (AvgIpc) is 2.46. The van der Waals surface area contributed by atoms with Gasteiger partial charge in [-0.2, -0.15) is 0 Å². The molecular weight excluding hydrogens is 302 g/mol. The van der Waals surface area contributed by atoms with Gasteiger partial charge in [-0.3, -0.25) is 9.59 Å². The number of amides is 2. The van der Waals surface area contributed by atoms with Gasteiger partial charge in [0.1, 0.15) is 0 Å². The van der Waals surface area contributed by atoms with Crippen molar-refractivity contribution in [2.24, 2.45) is 0 Å². The third kappa shape index (κ3) is 3.77. The Morgan fingerprint density at radius 1 is 1.00 bits per heavy atom. The number of aryl methyl sites for hydroxylation is 2. The molecule has 0 atom stereocenters. The highest BCUT2D eigenvalue weighted by Gasteiger charge is 2.15. The molecule has 0 saturated carbocycles. The van der Waals surface area contributed by atoms with E-state index in [2.05, 4.69) is 10.6 Å². The van der Waals surface area contributed by atoms with Crippen molar-refractivity contribution < 1.29 is 9.59 Å². The van der Waals surface area contributed by atoms with Crippen LogP contribution >= 0.6 is 11.6 Å². The van der Waals surface area contributed by atoms with E-state index in [4.69, 9.17) is 17.3 Å². The summed E-state index contributed by atoms with van der Waals surface area (Å²) in [4.78, 5) is 23.9. The summed E-state index contributed by atoms with van der Waals surface area (Å²) in [5, 5.41) is 5.37. The minimum absolute atomic E-state index is 0.313. The standard InChI is InChI=1S/C16H16ClN3O2/c1-9-3-4-10(2)14(7-9)20-16(22)15(21)19-11-5-6-13(18)12(17)8-11/h3-8H,18H2,1-2H3,(H,19,21)(H,20,22).